The van der Waals surface area contributed by atoms with Gasteiger partial charge in [0.2, 0.25) is 5.95 Å². The van der Waals surface area contributed by atoms with Crippen LogP contribution in [0.25, 0.3) is 22.4 Å². The summed E-state index contributed by atoms with van der Waals surface area (Å²) in [6.07, 6.45) is 1.80. The van der Waals surface area contributed by atoms with E-state index in [1.807, 2.05) is 47.0 Å². The number of hydrogen-bond acceptors (Lipinski definition) is 7. The number of hydrogen-bond donors (Lipinski definition) is 0. The van der Waals surface area contributed by atoms with Crippen LogP contribution in [-0.2, 0) is 22.8 Å². The minimum atomic E-state index is -1.16. The summed E-state index contributed by atoms with van der Waals surface area (Å²) in [5.74, 6) is 1.47. The maximum Gasteiger partial charge on any atom is 0.228 e. The second kappa shape index (κ2) is 11.4. The Labute approximate surface area is 219 Å². The van der Waals surface area contributed by atoms with E-state index in [4.69, 9.17) is 29.2 Å². The van der Waals surface area contributed by atoms with Crippen LogP contribution < -0.4 is 9.64 Å². The molecule has 194 valence electrons. The average Bonchev–Trinajstić information content (AvgIpc) is 3.33. The molecule has 0 N–H and O–H groups in total. The smallest absolute Gasteiger partial charge is 0.228 e. The third-order valence-corrected chi connectivity index (χ3v) is 8.03. The average molecular weight is 518 g/mol. The highest BCUT2D eigenvalue weighted by atomic mass is 28.3. The Morgan fingerprint density at radius 1 is 0.973 bits per heavy atom. The first-order chi connectivity index (χ1) is 18.0. The van der Waals surface area contributed by atoms with E-state index in [1.54, 1.807) is 6.33 Å². The van der Waals surface area contributed by atoms with Gasteiger partial charge in [0.25, 0.3) is 0 Å². The molecule has 1 saturated heterocycles. The third kappa shape index (κ3) is 6.54. The normalized spacial score (nSPS) is 14.3. The molecule has 0 amide bonds. The van der Waals surface area contributed by atoms with Crippen LogP contribution in [0.5, 0.6) is 5.75 Å². The number of nitrogens with zero attached hydrogens (tertiary/aromatic N) is 5. The van der Waals surface area contributed by atoms with Gasteiger partial charge in [-0.3, -0.25) is 4.57 Å². The van der Waals surface area contributed by atoms with Gasteiger partial charge in [-0.25, -0.2) is 9.97 Å². The quantitative estimate of drug-likeness (QED) is 0.211. The molecule has 0 bridgehead atoms. The first kappa shape index (κ1) is 25.4. The highest BCUT2D eigenvalue weighted by Crippen LogP contribution is 2.30. The second-order valence-electron chi connectivity index (χ2n) is 10.5. The molecule has 1 fully saturated rings. The fraction of sp³-hybridized carbons (Fsp3) is 0.393. The van der Waals surface area contributed by atoms with E-state index in [-0.39, 0.29) is 0 Å². The first-order valence-corrected chi connectivity index (χ1v) is 16.6. The molecule has 0 atom stereocenters. The van der Waals surface area contributed by atoms with Gasteiger partial charge in [0.15, 0.2) is 5.65 Å². The number of ether oxygens (including phenoxy) is 3. The molecule has 4 aromatic rings. The fourth-order valence-electron chi connectivity index (χ4n) is 4.15. The van der Waals surface area contributed by atoms with Gasteiger partial charge in [0.05, 0.1) is 19.5 Å². The molecule has 1 aliphatic rings. The lowest BCUT2D eigenvalue weighted by Crippen LogP contribution is -2.37. The van der Waals surface area contributed by atoms with Gasteiger partial charge in [0, 0.05) is 33.3 Å². The molecule has 0 unspecified atom stereocenters. The predicted molar refractivity (Wildman–Crippen MR) is 149 cm³/mol. The van der Waals surface area contributed by atoms with Crippen molar-refractivity contribution in [3.8, 4) is 17.0 Å². The number of fused-ring (bicyclic) bond motifs is 1. The molecule has 2 aromatic carbocycles. The maximum absolute atomic E-state index is 6.10. The molecule has 3 heterocycles. The van der Waals surface area contributed by atoms with Gasteiger partial charge in [-0.15, -0.1) is 0 Å². The summed E-state index contributed by atoms with van der Waals surface area (Å²) in [7, 11) is -1.16. The third-order valence-electron chi connectivity index (χ3n) is 6.33. The van der Waals surface area contributed by atoms with Crippen LogP contribution in [0.15, 0.2) is 60.9 Å². The van der Waals surface area contributed by atoms with Crippen LogP contribution in [0.1, 0.15) is 5.56 Å². The van der Waals surface area contributed by atoms with Crippen LogP contribution in [0.2, 0.25) is 25.7 Å². The van der Waals surface area contributed by atoms with Crippen molar-refractivity contribution >= 4 is 25.2 Å². The van der Waals surface area contributed by atoms with Gasteiger partial charge in [-0.2, -0.15) is 4.98 Å². The van der Waals surface area contributed by atoms with Crippen molar-refractivity contribution in [2.45, 2.75) is 39.0 Å². The van der Waals surface area contributed by atoms with Crippen LogP contribution in [0.4, 0.5) is 5.95 Å². The minimum absolute atomic E-state index is 0.417. The fourth-order valence-corrected chi connectivity index (χ4v) is 4.91. The largest absolute Gasteiger partial charge is 0.489 e. The molecule has 0 saturated carbocycles. The molecule has 37 heavy (non-hydrogen) atoms. The first-order valence-electron chi connectivity index (χ1n) is 12.9. The lowest BCUT2D eigenvalue weighted by Gasteiger charge is -2.27. The van der Waals surface area contributed by atoms with E-state index in [9.17, 15) is 0 Å². The number of rotatable bonds is 10. The van der Waals surface area contributed by atoms with Crippen molar-refractivity contribution in [1.82, 2.24) is 19.5 Å². The van der Waals surface area contributed by atoms with Crippen LogP contribution in [-0.4, -0.2) is 60.5 Å². The highest BCUT2D eigenvalue weighted by Gasteiger charge is 2.21. The Balaban J connectivity index is 1.45. The summed E-state index contributed by atoms with van der Waals surface area (Å²) in [4.78, 5) is 16.8. The van der Waals surface area contributed by atoms with E-state index in [0.717, 1.165) is 59.5 Å². The maximum atomic E-state index is 6.10. The second-order valence-corrected chi connectivity index (χ2v) is 16.1. The summed E-state index contributed by atoms with van der Waals surface area (Å²) < 4.78 is 19.7. The van der Waals surface area contributed by atoms with Crippen LogP contribution in [0.3, 0.4) is 0 Å². The van der Waals surface area contributed by atoms with Crippen molar-refractivity contribution < 1.29 is 14.2 Å². The summed E-state index contributed by atoms with van der Waals surface area (Å²) in [5.41, 5.74) is 4.38. The topological polar surface area (TPSA) is 74.5 Å². The lowest BCUT2D eigenvalue weighted by atomic mass is 10.1. The number of anilines is 1. The van der Waals surface area contributed by atoms with E-state index in [1.165, 1.54) is 0 Å². The van der Waals surface area contributed by atoms with Gasteiger partial charge >= 0.3 is 0 Å². The number of morpholine rings is 1. The van der Waals surface area contributed by atoms with E-state index >= 15 is 0 Å². The van der Waals surface area contributed by atoms with Crippen molar-refractivity contribution in [3.05, 3.63) is 66.5 Å². The zero-order valence-corrected chi connectivity index (χ0v) is 22.9. The van der Waals surface area contributed by atoms with Crippen molar-refractivity contribution in [3.63, 3.8) is 0 Å². The highest BCUT2D eigenvalue weighted by molar-refractivity contribution is 6.76. The SMILES string of the molecule is C[Si](C)(C)CCOCn1cnc2c(-c3cccc(OCc4ccccc4)c3)nc(N3CCOCC3)nc21. The molecule has 9 heteroatoms. The van der Waals surface area contributed by atoms with Crippen molar-refractivity contribution in [2.75, 3.05) is 37.8 Å². The minimum Gasteiger partial charge on any atom is -0.489 e. The summed E-state index contributed by atoms with van der Waals surface area (Å²) >= 11 is 0. The lowest BCUT2D eigenvalue weighted by molar-refractivity contribution is 0.0894. The molecule has 2 aromatic heterocycles. The molecule has 8 nitrogen and oxygen atoms in total. The molecule has 0 aliphatic carbocycles. The molecule has 1 aliphatic heterocycles. The van der Waals surface area contributed by atoms with Crippen molar-refractivity contribution in [1.29, 1.82) is 0 Å². The van der Waals surface area contributed by atoms with Crippen molar-refractivity contribution in [2.24, 2.45) is 0 Å². The van der Waals surface area contributed by atoms with E-state index in [2.05, 4.69) is 36.7 Å². The molecular formula is C28H35N5O3Si. The Morgan fingerprint density at radius 2 is 1.78 bits per heavy atom. The molecule has 0 spiro atoms. The zero-order valence-electron chi connectivity index (χ0n) is 21.9. The molecular weight excluding hydrogens is 482 g/mol. The summed E-state index contributed by atoms with van der Waals surface area (Å²) in [6, 6.07) is 19.3. The van der Waals surface area contributed by atoms with Crippen LogP contribution in [0, 0.1) is 0 Å². The number of benzene rings is 2. The number of aromatic nitrogens is 4. The Morgan fingerprint density at radius 3 is 2.57 bits per heavy atom. The van der Waals surface area contributed by atoms with Gasteiger partial charge < -0.3 is 19.1 Å². The van der Waals surface area contributed by atoms with E-state index in [0.29, 0.717) is 32.5 Å². The Hall–Kier alpha value is -3.27. The summed E-state index contributed by atoms with van der Waals surface area (Å²) in [6.45, 7) is 11.6. The summed E-state index contributed by atoms with van der Waals surface area (Å²) in [5, 5.41) is 0. The number of imidazole rings is 1. The standard InChI is InChI=1S/C28H35N5O3Si/c1-37(2,3)17-16-35-21-33-20-29-26-25(30-28(31-27(26)33)32-12-14-34-15-13-32)23-10-7-11-24(18-23)36-19-22-8-5-4-6-9-22/h4-11,18,20H,12-17,19,21H2,1-3H3. The predicted octanol–water partition coefficient (Wildman–Crippen LogP) is 5.22. The van der Waals surface area contributed by atoms with Crippen LogP contribution >= 0.6 is 0 Å². The van der Waals surface area contributed by atoms with Gasteiger partial charge in [0.1, 0.15) is 30.3 Å². The van der Waals surface area contributed by atoms with Gasteiger partial charge in [-0.1, -0.05) is 62.1 Å². The molecule has 0 radical (unpaired) electrons. The monoisotopic (exact) mass is 517 g/mol. The molecule has 5 rings (SSSR count). The Kier molecular flexibility index (Phi) is 7.83. The Bertz CT molecular complexity index is 1320. The van der Waals surface area contributed by atoms with E-state index < -0.39 is 8.07 Å². The zero-order chi connectivity index (χ0) is 25.7. The van der Waals surface area contributed by atoms with Gasteiger partial charge in [-0.05, 0) is 23.7 Å².